The van der Waals surface area contributed by atoms with Gasteiger partial charge in [0, 0.05) is 17.5 Å². The zero-order valence-corrected chi connectivity index (χ0v) is 10.8. The number of rotatable bonds is 5. The second-order valence-corrected chi connectivity index (χ2v) is 5.47. The number of aromatic nitrogens is 1. The van der Waals surface area contributed by atoms with Crippen molar-refractivity contribution < 1.29 is 0 Å². The maximum Gasteiger partial charge on any atom is 0.0965 e. The predicted octanol–water partition coefficient (Wildman–Crippen LogP) is 3.25. The molecule has 0 aliphatic heterocycles. The average Bonchev–Trinajstić information content (AvgIpc) is 2.17. The van der Waals surface area contributed by atoms with Gasteiger partial charge in [0.05, 0.1) is 5.03 Å². The van der Waals surface area contributed by atoms with Crippen molar-refractivity contribution in [2.45, 2.75) is 44.0 Å². The Balaban J connectivity index is 2.73. The molecule has 1 N–H and O–H groups in total. The summed E-state index contributed by atoms with van der Waals surface area (Å²) in [6.07, 6.45) is 1.90. The molecule has 3 heteroatoms. The third kappa shape index (κ3) is 4.22. The summed E-state index contributed by atoms with van der Waals surface area (Å²) in [7, 11) is 0. The third-order valence-electron chi connectivity index (χ3n) is 2.13. The molecule has 0 saturated heterocycles. The highest BCUT2D eigenvalue weighted by molar-refractivity contribution is 7.99. The Labute approximate surface area is 96.9 Å². The van der Waals surface area contributed by atoms with Gasteiger partial charge in [0.25, 0.3) is 0 Å². The fourth-order valence-electron chi connectivity index (χ4n) is 1.42. The largest absolute Gasteiger partial charge is 0.310 e. The van der Waals surface area contributed by atoms with Crippen LogP contribution in [0.15, 0.2) is 23.4 Å². The molecule has 0 aliphatic rings. The molecule has 1 aromatic rings. The molecule has 1 unspecified atom stereocenters. The summed E-state index contributed by atoms with van der Waals surface area (Å²) in [5.41, 5.74) is 1.31. The van der Waals surface area contributed by atoms with Gasteiger partial charge in [0.2, 0.25) is 0 Å². The molecule has 1 aromatic heterocycles. The van der Waals surface area contributed by atoms with Crippen molar-refractivity contribution >= 4 is 11.8 Å². The van der Waals surface area contributed by atoms with E-state index in [4.69, 9.17) is 0 Å². The first kappa shape index (κ1) is 12.5. The number of nitrogens with zero attached hydrogens (tertiary/aromatic N) is 1. The van der Waals surface area contributed by atoms with Crippen molar-refractivity contribution in [1.82, 2.24) is 10.3 Å². The minimum Gasteiger partial charge on any atom is -0.310 e. The van der Waals surface area contributed by atoms with Crippen LogP contribution in [0.3, 0.4) is 0 Å². The lowest BCUT2D eigenvalue weighted by Crippen LogP contribution is -2.17. The SMILES string of the molecule is CCNC(C)c1ccnc(SC(C)C)c1. The van der Waals surface area contributed by atoms with Crippen molar-refractivity contribution in [3.8, 4) is 0 Å². The lowest BCUT2D eigenvalue weighted by molar-refractivity contribution is 0.596. The Bertz CT molecular complexity index is 299. The molecular weight excluding hydrogens is 204 g/mol. The molecule has 0 spiro atoms. The minimum atomic E-state index is 0.407. The van der Waals surface area contributed by atoms with Gasteiger partial charge in [-0.15, -0.1) is 11.8 Å². The summed E-state index contributed by atoms with van der Waals surface area (Å²) in [5.74, 6) is 0. The molecule has 1 heterocycles. The normalized spacial score (nSPS) is 13.1. The van der Waals surface area contributed by atoms with Gasteiger partial charge in [-0.1, -0.05) is 20.8 Å². The van der Waals surface area contributed by atoms with Crippen LogP contribution >= 0.6 is 11.8 Å². The molecule has 0 aliphatic carbocycles. The Morgan fingerprint density at radius 1 is 1.40 bits per heavy atom. The second kappa shape index (κ2) is 6.13. The number of thioether (sulfide) groups is 1. The van der Waals surface area contributed by atoms with Crippen molar-refractivity contribution in [3.05, 3.63) is 23.9 Å². The summed E-state index contributed by atoms with van der Waals surface area (Å²) in [6.45, 7) is 9.68. The Hall–Kier alpha value is -0.540. The summed E-state index contributed by atoms with van der Waals surface area (Å²) >= 11 is 1.81. The van der Waals surface area contributed by atoms with Crippen LogP contribution in [0.25, 0.3) is 0 Å². The van der Waals surface area contributed by atoms with Crippen LogP contribution in [0.4, 0.5) is 0 Å². The van der Waals surface area contributed by atoms with Gasteiger partial charge in [-0.3, -0.25) is 0 Å². The Morgan fingerprint density at radius 2 is 2.13 bits per heavy atom. The molecular formula is C12H20N2S. The number of pyridine rings is 1. The lowest BCUT2D eigenvalue weighted by Gasteiger charge is -2.13. The quantitative estimate of drug-likeness (QED) is 0.777. The molecule has 0 bridgehead atoms. The second-order valence-electron chi connectivity index (χ2n) is 3.87. The Morgan fingerprint density at radius 3 is 2.73 bits per heavy atom. The molecule has 2 nitrogen and oxygen atoms in total. The van der Waals surface area contributed by atoms with E-state index in [1.807, 2.05) is 18.0 Å². The van der Waals surface area contributed by atoms with Gasteiger partial charge in [-0.05, 0) is 31.2 Å². The molecule has 0 radical (unpaired) electrons. The summed E-state index contributed by atoms with van der Waals surface area (Å²) in [4.78, 5) is 4.36. The van der Waals surface area contributed by atoms with Crippen molar-refractivity contribution in [3.63, 3.8) is 0 Å². The fourth-order valence-corrected chi connectivity index (χ4v) is 2.23. The molecule has 1 rings (SSSR count). The van der Waals surface area contributed by atoms with Gasteiger partial charge in [0.1, 0.15) is 0 Å². The van der Waals surface area contributed by atoms with E-state index in [1.165, 1.54) is 5.56 Å². The van der Waals surface area contributed by atoms with E-state index >= 15 is 0 Å². The molecule has 0 saturated carbocycles. The topological polar surface area (TPSA) is 24.9 Å². The van der Waals surface area contributed by atoms with E-state index < -0.39 is 0 Å². The van der Waals surface area contributed by atoms with E-state index in [0.29, 0.717) is 11.3 Å². The van der Waals surface area contributed by atoms with Gasteiger partial charge in [-0.2, -0.15) is 0 Å². The highest BCUT2D eigenvalue weighted by Crippen LogP contribution is 2.23. The average molecular weight is 224 g/mol. The molecule has 84 valence electrons. The monoisotopic (exact) mass is 224 g/mol. The number of hydrogen-bond acceptors (Lipinski definition) is 3. The first-order valence-corrected chi connectivity index (χ1v) is 6.37. The highest BCUT2D eigenvalue weighted by Gasteiger charge is 2.06. The summed E-state index contributed by atoms with van der Waals surface area (Å²) in [6, 6.07) is 4.67. The molecule has 15 heavy (non-hydrogen) atoms. The van der Waals surface area contributed by atoms with Gasteiger partial charge in [0.15, 0.2) is 0 Å². The van der Waals surface area contributed by atoms with Crippen LogP contribution in [0.5, 0.6) is 0 Å². The van der Waals surface area contributed by atoms with Gasteiger partial charge in [-0.25, -0.2) is 4.98 Å². The molecule has 0 aromatic carbocycles. The lowest BCUT2D eigenvalue weighted by atomic mass is 10.1. The van der Waals surface area contributed by atoms with E-state index in [9.17, 15) is 0 Å². The number of hydrogen-bond donors (Lipinski definition) is 1. The van der Waals surface area contributed by atoms with Crippen molar-refractivity contribution in [1.29, 1.82) is 0 Å². The maximum absolute atomic E-state index is 4.36. The number of nitrogens with one attached hydrogen (secondary N) is 1. The van der Waals surface area contributed by atoms with Crippen LogP contribution in [0, 0.1) is 0 Å². The molecule has 0 amide bonds. The van der Waals surface area contributed by atoms with Crippen LogP contribution in [-0.4, -0.2) is 16.8 Å². The minimum absolute atomic E-state index is 0.407. The van der Waals surface area contributed by atoms with Crippen LogP contribution in [0.2, 0.25) is 0 Å². The first-order valence-electron chi connectivity index (χ1n) is 5.49. The zero-order valence-electron chi connectivity index (χ0n) is 9.95. The summed E-state index contributed by atoms with van der Waals surface area (Å²) < 4.78 is 0. The van der Waals surface area contributed by atoms with Crippen molar-refractivity contribution in [2.75, 3.05) is 6.54 Å². The fraction of sp³-hybridized carbons (Fsp3) is 0.583. The van der Waals surface area contributed by atoms with Crippen molar-refractivity contribution in [2.24, 2.45) is 0 Å². The maximum atomic E-state index is 4.36. The van der Waals surface area contributed by atoms with Gasteiger partial charge >= 0.3 is 0 Å². The Kier molecular flexibility index (Phi) is 5.12. The zero-order chi connectivity index (χ0) is 11.3. The van der Waals surface area contributed by atoms with Crippen LogP contribution in [-0.2, 0) is 0 Å². The van der Waals surface area contributed by atoms with E-state index in [2.05, 4.69) is 50.1 Å². The van der Waals surface area contributed by atoms with E-state index in [0.717, 1.165) is 11.6 Å². The highest BCUT2D eigenvalue weighted by atomic mass is 32.2. The molecule has 1 atom stereocenters. The van der Waals surface area contributed by atoms with Crippen LogP contribution < -0.4 is 5.32 Å². The van der Waals surface area contributed by atoms with E-state index in [1.54, 1.807) is 0 Å². The molecule has 0 fully saturated rings. The van der Waals surface area contributed by atoms with Gasteiger partial charge < -0.3 is 5.32 Å². The first-order chi connectivity index (χ1) is 7.13. The smallest absolute Gasteiger partial charge is 0.0965 e. The van der Waals surface area contributed by atoms with Crippen LogP contribution in [0.1, 0.15) is 39.3 Å². The summed E-state index contributed by atoms with van der Waals surface area (Å²) in [5, 5.41) is 5.11. The standard InChI is InChI=1S/C12H20N2S/c1-5-13-10(4)11-6-7-14-12(8-11)15-9(2)3/h6-10,13H,5H2,1-4H3. The third-order valence-corrected chi connectivity index (χ3v) is 3.06. The van der Waals surface area contributed by atoms with E-state index in [-0.39, 0.29) is 0 Å². The predicted molar refractivity (Wildman–Crippen MR) is 67.3 cm³/mol.